The predicted octanol–water partition coefficient (Wildman–Crippen LogP) is 2.61. The van der Waals surface area contributed by atoms with Gasteiger partial charge in [-0.15, -0.1) is 0 Å². The standard InChI is InChI=1S/C16H24ClN3O/c1-3-19-8-10-20(11-9-19)7-6-16(21)18-14-5-4-13(2)15(17)12-14/h4-5,12H,3,6-11H2,1-2H3,(H,18,21). The SMILES string of the molecule is CCN1CCN(CCC(=O)Nc2ccc(C)c(Cl)c2)CC1. The lowest BCUT2D eigenvalue weighted by Crippen LogP contribution is -2.46. The zero-order valence-corrected chi connectivity index (χ0v) is 13.6. The third kappa shape index (κ3) is 4.99. The number of anilines is 1. The Morgan fingerprint density at radius 3 is 2.52 bits per heavy atom. The molecule has 1 fully saturated rings. The number of aryl methyl sites for hydroxylation is 1. The number of hydrogen-bond acceptors (Lipinski definition) is 3. The van der Waals surface area contributed by atoms with Gasteiger partial charge in [0, 0.05) is 49.9 Å². The molecule has 0 spiro atoms. The van der Waals surface area contributed by atoms with Gasteiger partial charge in [-0.05, 0) is 31.2 Å². The van der Waals surface area contributed by atoms with E-state index < -0.39 is 0 Å². The first-order valence-corrected chi connectivity index (χ1v) is 7.97. The Balaban J connectivity index is 1.73. The molecule has 0 bridgehead atoms. The maximum Gasteiger partial charge on any atom is 0.225 e. The molecule has 1 saturated heterocycles. The number of nitrogens with one attached hydrogen (secondary N) is 1. The number of carbonyl (C=O) groups excluding carboxylic acids is 1. The molecule has 1 aromatic carbocycles. The number of carbonyl (C=O) groups is 1. The van der Waals surface area contributed by atoms with Gasteiger partial charge >= 0.3 is 0 Å². The van der Waals surface area contributed by atoms with Crippen molar-refractivity contribution in [2.24, 2.45) is 0 Å². The number of halogens is 1. The van der Waals surface area contributed by atoms with E-state index in [2.05, 4.69) is 22.0 Å². The molecule has 2 rings (SSSR count). The molecule has 0 aliphatic carbocycles. The van der Waals surface area contributed by atoms with E-state index in [1.165, 1.54) is 0 Å². The average molecular weight is 310 g/mol. The molecule has 4 nitrogen and oxygen atoms in total. The third-order valence-corrected chi connectivity index (χ3v) is 4.43. The van der Waals surface area contributed by atoms with Gasteiger partial charge in [-0.3, -0.25) is 4.79 Å². The quantitative estimate of drug-likeness (QED) is 0.908. The zero-order chi connectivity index (χ0) is 15.2. The van der Waals surface area contributed by atoms with Crippen LogP contribution in [-0.4, -0.2) is 55.0 Å². The molecule has 116 valence electrons. The Kier molecular flexibility index (Phi) is 6.03. The van der Waals surface area contributed by atoms with Crippen LogP contribution in [0.2, 0.25) is 5.02 Å². The van der Waals surface area contributed by atoms with Crippen molar-refractivity contribution in [3.63, 3.8) is 0 Å². The number of amides is 1. The van der Waals surface area contributed by atoms with Crippen LogP contribution >= 0.6 is 11.6 Å². The van der Waals surface area contributed by atoms with Gasteiger partial charge in [0.25, 0.3) is 0 Å². The molecule has 1 amide bonds. The van der Waals surface area contributed by atoms with E-state index in [1.807, 2.05) is 19.1 Å². The fraction of sp³-hybridized carbons (Fsp3) is 0.562. The fourth-order valence-corrected chi connectivity index (χ4v) is 2.66. The summed E-state index contributed by atoms with van der Waals surface area (Å²) < 4.78 is 0. The Labute approximate surface area is 132 Å². The van der Waals surface area contributed by atoms with E-state index in [0.717, 1.165) is 50.5 Å². The zero-order valence-electron chi connectivity index (χ0n) is 12.9. The fourth-order valence-electron chi connectivity index (χ4n) is 2.48. The predicted molar refractivity (Wildman–Crippen MR) is 88.0 cm³/mol. The Morgan fingerprint density at radius 1 is 1.24 bits per heavy atom. The summed E-state index contributed by atoms with van der Waals surface area (Å²) >= 11 is 6.06. The van der Waals surface area contributed by atoms with Gasteiger partial charge in [0.1, 0.15) is 0 Å². The third-order valence-electron chi connectivity index (χ3n) is 4.02. The molecular formula is C16H24ClN3O. The van der Waals surface area contributed by atoms with Crippen molar-refractivity contribution in [3.05, 3.63) is 28.8 Å². The Hall–Kier alpha value is -1.10. The summed E-state index contributed by atoms with van der Waals surface area (Å²) in [5, 5.41) is 3.59. The maximum atomic E-state index is 12.0. The van der Waals surface area contributed by atoms with Crippen LogP contribution in [0.15, 0.2) is 18.2 Å². The van der Waals surface area contributed by atoms with Crippen molar-refractivity contribution in [3.8, 4) is 0 Å². The first-order valence-electron chi connectivity index (χ1n) is 7.59. The molecule has 1 aliphatic rings. The molecule has 0 aromatic heterocycles. The van der Waals surface area contributed by atoms with Gasteiger partial charge in [-0.2, -0.15) is 0 Å². The summed E-state index contributed by atoms with van der Waals surface area (Å²) in [5.41, 5.74) is 1.79. The van der Waals surface area contributed by atoms with Gasteiger partial charge in [0.05, 0.1) is 0 Å². The largest absolute Gasteiger partial charge is 0.326 e. The van der Waals surface area contributed by atoms with Crippen molar-refractivity contribution in [2.75, 3.05) is 44.6 Å². The molecule has 1 heterocycles. The number of piperazine rings is 1. The first-order chi connectivity index (χ1) is 10.1. The van der Waals surface area contributed by atoms with Crippen molar-refractivity contribution in [2.45, 2.75) is 20.3 Å². The number of rotatable bonds is 5. The van der Waals surface area contributed by atoms with E-state index in [1.54, 1.807) is 6.07 Å². The van der Waals surface area contributed by atoms with Crippen LogP contribution in [0.5, 0.6) is 0 Å². The number of hydrogen-bond donors (Lipinski definition) is 1. The Bertz CT molecular complexity index is 484. The highest BCUT2D eigenvalue weighted by Crippen LogP contribution is 2.20. The lowest BCUT2D eigenvalue weighted by molar-refractivity contribution is -0.116. The second-order valence-corrected chi connectivity index (χ2v) is 5.95. The molecular weight excluding hydrogens is 286 g/mol. The highest BCUT2D eigenvalue weighted by Gasteiger charge is 2.16. The molecule has 21 heavy (non-hydrogen) atoms. The van der Waals surface area contributed by atoms with Crippen molar-refractivity contribution < 1.29 is 4.79 Å². The molecule has 0 unspecified atom stereocenters. The summed E-state index contributed by atoms with van der Waals surface area (Å²) in [7, 11) is 0. The summed E-state index contributed by atoms with van der Waals surface area (Å²) in [6.07, 6.45) is 0.525. The van der Waals surface area contributed by atoms with Gasteiger partial charge < -0.3 is 15.1 Å². The van der Waals surface area contributed by atoms with Crippen molar-refractivity contribution in [1.29, 1.82) is 0 Å². The number of nitrogens with zero attached hydrogens (tertiary/aromatic N) is 2. The van der Waals surface area contributed by atoms with E-state index in [0.29, 0.717) is 11.4 Å². The minimum atomic E-state index is 0.0489. The van der Waals surface area contributed by atoms with Crippen LogP contribution in [0.3, 0.4) is 0 Å². The molecule has 0 saturated carbocycles. The summed E-state index contributed by atoms with van der Waals surface area (Å²) in [6.45, 7) is 10.4. The highest BCUT2D eigenvalue weighted by atomic mass is 35.5. The van der Waals surface area contributed by atoms with Gasteiger partial charge in [-0.25, -0.2) is 0 Å². The van der Waals surface area contributed by atoms with Gasteiger partial charge in [0.15, 0.2) is 0 Å². The first kappa shape index (κ1) is 16.3. The Morgan fingerprint density at radius 2 is 1.90 bits per heavy atom. The van der Waals surface area contributed by atoms with Crippen LogP contribution < -0.4 is 5.32 Å². The molecule has 1 N–H and O–H groups in total. The lowest BCUT2D eigenvalue weighted by Gasteiger charge is -2.33. The topological polar surface area (TPSA) is 35.6 Å². The number of benzene rings is 1. The van der Waals surface area contributed by atoms with Crippen molar-refractivity contribution >= 4 is 23.2 Å². The summed E-state index contributed by atoms with van der Waals surface area (Å²) in [6, 6.07) is 5.61. The minimum Gasteiger partial charge on any atom is -0.326 e. The van der Waals surface area contributed by atoms with Crippen molar-refractivity contribution in [1.82, 2.24) is 9.80 Å². The molecule has 0 atom stereocenters. The smallest absolute Gasteiger partial charge is 0.225 e. The average Bonchev–Trinajstić information content (AvgIpc) is 2.49. The van der Waals surface area contributed by atoms with Crippen LogP contribution in [0.1, 0.15) is 18.9 Å². The maximum absolute atomic E-state index is 12.0. The van der Waals surface area contributed by atoms with Gasteiger partial charge in [0.2, 0.25) is 5.91 Å². The lowest BCUT2D eigenvalue weighted by atomic mass is 10.2. The normalized spacial score (nSPS) is 16.9. The minimum absolute atomic E-state index is 0.0489. The van der Waals surface area contributed by atoms with Crippen LogP contribution in [-0.2, 0) is 4.79 Å². The summed E-state index contributed by atoms with van der Waals surface area (Å²) in [5.74, 6) is 0.0489. The van der Waals surface area contributed by atoms with E-state index >= 15 is 0 Å². The number of likely N-dealkylation sites (N-methyl/N-ethyl adjacent to an activating group) is 1. The van der Waals surface area contributed by atoms with E-state index in [4.69, 9.17) is 11.6 Å². The highest BCUT2D eigenvalue weighted by molar-refractivity contribution is 6.31. The second-order valence-electron chi connectivity index (χ2n) is 5.54. The van der Waals surface area contributed by atoms with Crippen LogP contribution in [0.25, 0.3) is 0 Å². The van der Waals surface area contributed by atoms with Crippen LogP contribution in [0.4, 0.5) is 5.69 Å². The monoisotopic (exact) mass is 309 g/mol. The van der Waals surface area contributed by atoms with E-state index in [9.17, 15) is 4.79 Å². The summed E-state index contributed by atoms with van der Waals surface area (Å²) in [4.78, 5) is 16.8. The molecule has 0 radical (unpaired) electrons. The second kappa shape index (κ2) is 7.78. The van der Waals surface area contributed by atoms with Gasteiger partial charge in [-0.1, -0.05) is 24.6 Å². The van der Waals surface area contributed by atoms with E-state index in [-0.39, 0.29) is 5.91 Å². The van der Waals surface area contributed by atoms with Crippen LogP contribution in [0, 0.1) is 6.92 Å². The molecule has 1 aromatic rings. The molecule has 1 aliphatic heterocycles. The molecule has 5 heteroatoms.